The van der Waals surface area contributed by atoms with Crippen LogP contribution in [0.4, 0.5) is 4.39 Å². The van der Waals surface area contributed by atoms with Crippen molar-refractivity contribution in [1.29, 1.82) is 0 Å². The highest BCUT2D eigenvalue weighted by Crippen LogP contribution is 2.37. The van der Waals surface area contributed by atoms with Crippen molar-refractivity contribution in [1.82, 2.24) is 9.21 Å². The molecule has 0 radical (unpaired) electrons. The Bertz CT molecular complexity index is 1070. The van der Waals surface area contributed by atoms with Gasteiger partial charge in [0.15, 0.2) is 0 Å². The summed E-state index contributed by atoms with van der Waals surface area (Å²) >= 11 is 0. The normalized spacial score (nSPS) is 23.9. The van der Waals surface area contributed by atoms with Gasteiger partial charge in [0.25, 0.3) is 0 Å². The largest absolute Gasteiger partial charge is 0.487 e. The van der Waals surface area contributed by atoms with E-state index in [1.807, 2.05) is 6.92 Å². The van der Waals surface area contributed by atoms with Gasteiger partial charge in [0.1, 0.15) is 22.6 Å². The van der Waals surface area contributed by atoms with Crippen LogP contribution in [0.5, 0.6) is 5.75 Å². The molecule has 1 N–H and O–H groups in total. The number of hydrogen-bond acceptors (Lipinski definition) is 5. The molecule has 1 heterocycles. The zero-order valence-electron chi connectivity index (χ0n) is 19.4. The molecule has 3 atom stereocenters. The van der Waals surface area contributed by atoms with E-state index in [0.29, 0.717) is 12.3 Å². The Morgan fingerprint density at radius 2 is 1.82 bits per heavy atom. The molecule has 0 saturated heterocycles. The molecule has 1 aliphatic carbocycles. The van der Waals surface area contributed by atoms with Gasteiger partial charge in [0.2, 0.25) is 10.0 Å². The lowest BCUT2D eigenvalue weighted by Crippen LogP contribution is -2.49. The predicted molar refractivity (Wildman–Crippen MR) is 126 cm³/mol. The summed E-state index contributed by atoms with van der Waals surface area (Å²) < 4.78 is 48.4. The summed E-state index contributed by atoms with van der Waals surface area (Å²) in [7, 11) is -1.80. The van der Waals surface area contributed by atoms with Crippen LogP contribution >= 0.6 is 0 Å². The van der Waals surface area contributed by atoms with E-state index in [2.05, 4.69) is 11.9 Å². The van der Waals surface area contributed by atoms with Crippen molar-refractivity contribution in [2.24, 2.45) is 11.8 Å². The van der Waals surface area contributed by atoms with Gasteiger partial charge in [0.05, 0.1) is 6.61 Å². The lowest BCUT2D eigenvalue weighted by Gasteiger charge is -2.37. The van der Waals surface area contributed by atoms with Gasteiger partial charge in [-0.1, -0.05) is 25.1 Å². The number of hydrogen-bond donors (Lipinski definition) is 1. The molecule has 1 aliphatic heterocycles. The van der Waals surface area contributed by atoms with Crippen molar-refractivity contribution in [3.05, 3.63) is 48.3 Å². The molecular weight excluding hydrogens is 443 g/mol. The van der Waals surface area contributed by atoms with E-state index < -0.39 is 16.1 Å². The molecule has 33 heavy (non-hydrogen) atoms. The summed E-state index contributed by atoms with van der Waals surface area (Å²) in [6, 6.07) is 10.5. The summed E-state index contributed by atoms with van der Waals surface area (Å²) in [5.74, 6) is 0.619. The standard InChI is InChI=1S/C25H33FN2O4S/c1-17-13-28(18(2)16-29)33(30,31)25-11-8-21(20-6-9-22(26)10-7-20)12-23(25)32-24(17)15-27(3)14-19-4-5-19/h6-12,17-19,24,29H,4-5,13-16H2,1-3H3/t17-,18-,24-/m1/s1. The van der Waals surface area contributed by atoms with Crippen molar-refractivity contribution >= 4 is 10.0 Å². The smallest absolute Gasteiger partial charge is 0.247 e. The molecule has 1 fully saturated rings. The summed E-state index contributed by atoms with van der Waals surface area (Å²) in [6.45, 7) is 5.40. The summed E-state index contributed by atoms with van der Waals surface area (Å²) in [5.41, 5.74) is 1.53. The number of sulfonamides is 1. The maximum Gasteiger partial charge on any atom is 0.247 e. The number of aliphatic hydroxyl groups is 1. The number of halogens is 1. The molecule has 2 aliphatic rings. The molecule has 0 amide bonds. The van der Waals surface area contributed by atoms with Crippen molar-refractivity contribution in [2.45, 2.75) is 43.7 Å². The van der Waals surface area contributed by atoms with Gasteiger partial charge in [-0.2, -0.15) is 4.31 Å². The first kappa shape index (κ1) is 24.1. The zero-order valence-corrected chi connectivity index (χ0v) is 20.3. The minimum Gasteiger partial charge on any atom is -0.487 e. The number of fused-ring (bicyclic) bond motifs is 1. The molecule has 2 aromatic rings. The molecule has 2 aromatic carbocycles. The molecule has 0 aromatic heterocycles. The van der Waals surface area contributed by atoms with Crippen LogP contribution in [-0.2, 0) is 10.0 Å². The third-order valence-corrected chi connectivity index (χ3v) is 8.62. The number of likely N-dealkylation sites (N-methyl/N-ethyl adjacent to an activating group) is 1. The quantitative estimate of drug-likeness (QED) is 0.661. The maximum absolute atomic E-state index is 13.6. The second kappa shape index (κ2) is 9.70. The van der Waals surface area contributed by atoms with Gasteiger partial charge in [-0.25, -0.2) is 12.8 Å². The molecule has 6 nitrogen and oxygen atoms in total. The summed E-state index contributed by atoms with van der Waals surface area (Å²) in [4.78, 5) is 2.36. The number of rotatable bonds is 7. The van der Waals surface area contributed by atoms with E-state index >= 15 is 0 Å². The van der Waals surface area contributed by atoms with E-state index in [1.165, 1.54) is 29.3 Å². The fourth-order valence-corrected chi connectivity index (χ4v) is 6.21. The van der Waals surface area contributed by atoms with Crippen molar-refractivity contribution in [2.75, 3.05) is 33.3 Å². The number of benzene rings is 2. The Labute approximate surface area is 196 Å². The van der Waals surface area contributed by atoms with Gasteiger partial charge >= 0.3 is 0 Å². The average molecular weight is 477 g/mol. The van der Waals surface area contributed by atoms with Gasteiger partial charge in [0, 0.05) is 31.6 Å². The van der Waals surface area contributed by atoms with Crippen LogP contribution in [0.3, 0.4) is 0 Å². The van der Waals surface area contributed by atoms with Crippen LogP contribution in [0.1, 0.15) is 26.7 Å². The summed E-state index contributed by atoms with van der Waals surface area (Å²) in [5, 5.41) is 9.77. The van der Waals surface area contributed by atoms with E-state index in [1.54, 1.807) is 37.3 Å². The van der Waals surface area contributed by atoms with Crippen LogP contribution in [0.25, 0.3) is 11.1 Å². The Hall–Kier alpha value is -2.00. The van der Waals surface area contributed by atoms with Crippen LogP contribution in [0, 0.1) is 17.7 Å². The second-order valence-electron chi connectivity index (χ2n) is 9.57. The van der Waals surface area contributed by atoms with Crippen LogP contribution < -0.4 is 4.74 Å². The number of ether oxygens (including phenoxy) is 1. The minimum atomic E-state index is -3.88. The minimum absolute atomic E-state index is 0.0851. The number of aliphatic hydroxyl groups excluding tert-OH is 1. The van der Waals surface area contributed by atoms with E-state index in [4.69, 9.17) is 4.74 Å². The molecular formula is C25H33FN2O4S. The lowest BCUT2D eigenvalue weighted by atomic mass is 10.0. The van der Waals surface area contributed by atoms with Crippen molar-refractivity contribution in [3.8, 4) is 16.9 Å². The second-order valence-corrected chi connectivity index (χ2v) is 11.4. The highest BCUT2D eigenvalue weighted by molar-refractivity contribution is 7.89. The molecule has 1 saturated carbocycles. The maximum atomic E-state index is 13.6. The molecule has 0 unspecified atom stereocenters. The van der Waals surface area contributed by atoms with Crippen molar-refractivity contribution in [3.63, 3.8) is 0 Å². The molecule has 0 bridgehead atoms. The van der Waals surface area contributed by atoms with E-state index in [-0.39, 0.29) is 35.9 Å². The van der Waals surface area contributed by atoms with Crippen LogP contribution in [-0.4, -0.2) is 68.2 Å². The Balaban J connectivity index is 1.74. The van der Waals surface area contributed by atoms with Gasteiger partial charge < -0.3 is 14.7 Å². The average Bonchev–Trinajstić information content (AvgIpc) is 3.59. The van der Waals surface area contributed by atoms with Crippen molar-refractivity contribution < 1.29 is 22.7 Å². The monoisotopic (exact) mass is 476 g/mol. The Kier molecular flexibility index (Phi) is 7.09. The van der Waals surface area contributed by atoms with Crippen LogP contribution in [0.2, 0.25) is 0 Å². The van der Waals surface area contributed by atoms with Gasteiger partial charge in [-0.3, -0.25) is 0 Å². The SMILES string of the molecule is C[C@@H]1CN([C@H](C)CO)S(=O)(=O)c2ccc(-c3ccc(F)cc3)cc2O[C@@H]1CN(C)CC1CC1. The summed E-state index contributed by atoms with van der Waals surface area (Å²) in [6.07, 6.45) is 2.30. The highest BCUT2D eigenvalue weighted by atomic mass is 32.2. The highest BCUT2D eigenvalue weighted by Gasteiger charge is 2.38. The molecule has 8 heteroatoms. The first-order chi connectivity index (χ1) is 15.7. The molecule has 180 valence electrons. The molecule has 0 spiro atoms. The van der Waals surface area contributed by atoms with Crippen LogP contribution in [0.15, 0.2) is 47.4 Å². The van der Waals surface area contributed by atoms with E-state index in [0.717, 1.165) is 23.6 Å². The topological polar surface area (TPSA) is 70.1 Å². The first-order valence-electron chi connectivity index (χ1n) is 11.6. The number of nitrogens with zero attached hydrogens (tertiary/aromatic N) is 2. The fourth-order valence-electron chi connectivity index (χ4n) is 4.39. The Morgan fingerprint density at radius 3 is 2.45 bits per heavy atom. The zero-order chi connectivity index (χ0) is 23.8. The Morgan fingerprint density at radius 1 is 1.15 bits per heavy atom. The third-order valence-electron chi connectivity index (χ3n) is 6.60. The molecule has 4 rings (SSSR count). The predicted octanol–water partition coefficient (Wildman–Crippen LogP) is 3.60. The fraction of sp³-hybridized carbons (Fsp3) is 0.520. The van der Waals surface area contributed by atoms with Gasteiger partial charge in [-0.05, 0) is 68.1 Å². The first-order valence-corrected chi connectivity index (χ1v) is 13.0. The lowest BCUT2D eigenvalue weighted by molar-refractivity contribution is 0.0741. The van der Waals surface area contributed by atoms with E-state index in [9.17, 15) is 17.9 Å². The third kappa shape index (κ3) is 5.40. The van der Waals surface area contributed by atoms with Gasteiger partial charge in [-0.15, -0.1) is 0 Å².